The number of fused-ring (bicyclic) bond motifs is 3. The average molecular weight is 633 g/mol. The number of alkyl halides is 1. The van der Waals surface area contributed by atoms with E-state index >= 15 is 0 Å². The number of benzene rings is 2. The monoisotopic (exact) mass is 632 g/mol. The van der Waals surface area contributed by atoms with Gasteiger partial charge in [0.15, 0.2) is 11.5 Å². The minimum atomic E-state index is -1.67. The lowest BCUT2D eigenvalue weighted by Gasteiger charge is -2.53. The van der Waals surface area contributed by atoms with Crippen molar-refractivity contribution in [3.8, 4) is 11.1 Å². The molecule has 0 unspecified atom stereocenters. The molecule has 0 spiro atoms. The quantitative estimate of drug-likeness (QED) is 0.213. The first-order valence-corrected chi connectivity index (χ1v) is 16.9. The largest absolute Gasteiger partial charge is 0.393 e. The molecular formula is C37H49FN4O4. The molecule has 46 heavy (non-hydrogen) atoms. The van der Waals surface area contributed by atoms with Crippen molar-refractivity contribution in [1.82, 2.24) is 15.5 Å². The summed E-state index contributed by atoms with van der Waals surface area (Å²) in [5.74, 6) is 1.09. The molecule has 0 saturated heterocycles. The first-order chi connectivity index (χ1) is 21.6. The van der Waals surface area contributed by atoms with Gasteiger partial charge in [-0.15, -0.1) is 0 Å². The Morgan fingerprint density at radius 3 is 2.26 bits per heavy atom. The highest BCUT2D eigenvalue weighted by atomic mass is 19.1. The van der Waals surface area contributed by atoms with Crippen LogP contribution in [0.5, 0.6) is 0 Å². The van der Waals surface area contributed by atoms with Crippen LogP contribution in [0.3, 0.4) is 0 Å². The predicted molar refractivity (Wildman–Crippen MR) is 176 cm³/mol. The number of carbonyl (C=O) groups is 1. The first-order valence-electron chi connectivity index (χ1n) is 16.9. The molecule has 1 atom stereocenters. The summed E-state index contributed by atoms with van der Waals surface area (Å²) < 4.78 is 19.9. The summed E-state index contributed by atoms with van der Waals surface area (Å²) >= 11 is 0. The van der Waals surface area contributed by atoms with Gasteiger partial charge in [-0.05, 0) is 133 Å². The van der Waals surface area contributed by atoms with Crippen molar-refractivity contribution >= 4 is 11.7 Å². The summed E-state index contributed by atoms with van der Waals surface area (Å²) in [5.41, 5.74) is 0.883. The second-order valence-electron chi connectivity index (χ2n) is 15.5. The first kappa shape index (κ1) is 32.6. The van der Waals surface area contributed by atoms with Crippen LogP contribution in [0, 0.1) is 11.3 Å². The maximum atomic E-state index is 14.5. The normalized spacial score (nSPS) is 26.8. The van der Waals surface area contributed by atoms with Gasteiger partial charge < -0.3 is 20.1 Å². The number of rotatable bonds is 10. The van der Waals surface area contributed by atoms with E-state index in [0.717, 1.165) is 80.2 Å². The molecule has 0 aliphatic heterocycles. The zero-order valence-electron chi connectivity index (χ0n) is 27.9. The van der Waals surface area contributed by atoms with Crippen LogP contribution < -0.4 is 10.2 Å². The van der Waals surface area contributed by atoms with Crippen molar-refractivity contribution in [1.29, 1.82) is 0 Å². The molecule has 9 heteroatoms. The van der Waals surface area contributed by atoms with Gasteiger partial charge in [0.2, 0.25) is 0 Å². The topological polar surface area (TPSA) is 112 Å². The smallest absolute Gasteiger partial charge is 0.322 e. The van der Waals surface area contributed by atoms with Crippen LogP contribution in [0.2, 0.25) is 0 Å². The molecule has 2 aromatic carbocycles. The van der Waals surface area contributed by atoms with Gasteiger partial charge in [-0.3, -0.25) is 4.90 Å². The van der Waals surface area contributed by atoms with E-state index in [1.54, 1.807) is 13.8 Å². The number of urea groups is 1. The van der Waals surface area contributed by atoms with E-state index in [9.17, 15) is 19.4 Å². The Morgan fingerprint density at radius 2 is 1.70 bits per heavy atom. The van der Waals surface area contributed by atoms with Gasteiger partial charge in [-0.25, -0.2) is 9.18 Å². The van der Waals surface area contributed by atoms with Crippen molar-refractivity contribution in [2.24, 2.45) is 11.3 Å². The Kier molecular flexibility index (Phi) is 8.55. The maximum Gasteiger partial charge on any atom is 0.322 e. The number of aliphatic hydroxyl groups is 2. The molecule has 2 bridgehead atoms. The Bertz CT molecular complexity index is 1510. The molecule has 2 amide bonds. The zero-order valence-corrected chi connectivity index (χ0v) is 27.9. The van der Waals surface area contributed by atoms with Crippen LogP contribution in [0.1, 0.15) is 110 Å². The number of halogens is 1. The molecular weight excluding hydrogens is 583 g/mol. The number of carbonyl (C=O) groups excluding carboxylic acids is 1. The highest BCUT2D eigenvalue weighted by Gasteiger charge is 2.53. The van der Waals surface area contributed by atoms with E-state index in [-0.39, 0.29) is 34.9 Å². The van der Waals surface area contributed by atoms with Gasteiger partial charge in [0.1, 0.15) is 0 Å². The molecule has 1 aromatic heterocycles. The predicted octanol–water partition coefficient (Wildman–Crippen LogP) is 7.53. The molecule has 8 nitrogen and oxygen atoms in total. The van der Waals surface area contributed by atoms with Gasteiger partial charge in [0.25, 0.3) is 5.89 Å². The van der Waals surface area contributed by atoms with E-state index in [4.69, 9.17) is 4.52 Å². The van der Waals surface area contributed by atoms with Crippen LogP contribution in [0.4, 0.5) is 14.9 Å². The van der Waals surface area contributed by atoms with Crippen LogP contribution >= 0.6 is 0 Å². The number of hydrogen-bond donors (Lipinski definition) is 3. The van der Waals surface area contributed by atoms with Gasteiger partial charge in [-0.2, -0.15) is 4.98 Å². The summed E-state index contributed by atoms with van der Waals surface area (Å²) in [6.07, 6.45) is 7.63. The summed E-state index contributed by atoms with van der Waals surface area (Å²) in [7, 11) is 0. The number of nitrogens with zero attached hydrogens (tertiary/aromatic N) is 3. The Hall–Kier alpha value is -3.30. The molecule has 3 aromatic rings. The van der Waals surface area contributed by atoms with Crippen molar-refractivity contribution in [2.45, 2.75) is 121 Å². The van der Waals surface area contributed by atoms with Gasteiger partial charge in [-0.1, -0.05) is 41.6 Å². The van der Waals surface area contributed by atoms with E-state index in [1.807, 2.05) is 48.2 Å². The number of anilines is 1. The lowest BCUT2D eigenvalue weighted by molar-refractivity contribution is 0.0404. The lowest BCUT2D eigenvalue weighted by Crippen LogP contribution is -2.55. The number of hydrogen-bond acceptors (Lipinski definition) is 6. The summed E-state index contributed by atoms with van der Waals surface area (Å²) in [6.45, 7) is 8.85. The van der Waals surface area contributed by atoms with Crippen LogP contribution in [0.15, 0.2) is 53.1 Å². The Balaban J connectivity index is 1.22. The minimum Gasteiger partial charge on any atom is -0.393 e. The minimum absolute atomic E-state index is 0.0309. The number of aliphatic hydroxyl groups excluding tert-OH is 1. The van der Waals surface area contributed by atoms with Gasteiger partial charge in [0, 0.05) is 23.7 Å². The summed E-state index contributed by atoms with van der Waals surface area (Å²) in [4.78, 5) is 20.5. The molecule has 4 aliphatic carbocycles. The van der Waals surface area contributed by atoms with Gasteiger partial charge in [0.05, 0.1) is 11.7 Å². The molecule has 4 aliphatic rings. The van der Waals surface area contributed by atoms with Crippen molar-refractivity contribution in [3.05, 3.63) is 65.8 Å². The van der Waals surface area contributed by atoms with Crippen molar-refractivity contribution in [2.75, 3.05) is 11.4 Å². The molecule has 1 heterocycles. The summed E-state index contributed by atoms with van der Waals surface area (Å²) in [5, 5.41) is 27.8. The molecule has 4 saturated carbocycles. The zero-order chi connectivity index (χ0) is 32.9. The fraction of sp³-hybridized carbons (Fsp3) is 0.595. The Labute approximate surface area is 271 Å². The third kappa shape index (κ3) is 6.72. The SMILES string of the molecule is C[C@H](O)CC1CC(NC(=O)N(CC23CCC(c4noc(C(C)(C)F)n4)(CC2)CC3)c2cccc(-c3ccc(C(C)(C)O)cc3)c2)C1. The third-order valence-corrected chi connectivity index (χ3v) is 10.9. The number of aromatic nitrogens is 2. The number of amides is 2. The number of nitrogens with one attached hydrogen (secondary N) is 1. The second kappa shape index (κ2) is 12.1. The lowest BCUT2D eigenvalue weighted by atomic mass is 9.53. The van der Waals surface area contributed by atoms with Crippen LogP contribution in [0.25, 0.3) is 11.1 Å². The molecule has 248 valence electrons. The van der Waals surface area contributed by atoms with Crippen molar-refractivity contribution in [3.63, 3.8) is 0 Å². The fourth-order valence-corrected chi connectivity index (χ4v) is 7.84. The molecule has 3 N–H and O–H groups in total. The van der Waals surface area contributed by atoms with E-state index in [2.05, 4.69) is 27.6 Å². The summed E-state index contributed by atoms with van der Waals surface area (Å²) in [6, 6.07) is 16.1. The Morgan fingerprint density at radius 1 is 1.04 bits per heavy atom. The van der Waals surface area contributed by atoms with Gasteiger partial charge >= 0.3 is 6.03 Å². The highest BCUT2D eigenvalue weighted by molar-refractivity contribution is 5.93. The third-order valence-electron chi connectivity index (χ3n) is 10.9. The van der Waals surface area contributed by atoms with E-state index in [0.29, 0.717) is 18.3 Å². The van der Waals surface area contributed by atoms with E-state index < -0.39 is 11.3 Å². The standard InChI is InChI=1S/C37H49FN4O4/c1-24(43)19-25-20-29(21-25)39-33(44)42(30-8-6-7-27(22-30)26-9-11-28(12-10-26)35(4,5)45)23-36-13-16-37(17-14-36,18-15-36)31-40-32(46-41-31)34(2,3)38/h6-12,22,24-25,29,43,45H,13-21,23H2,1-5H3,(H,39,44)/t24-,25?,29?,36?,37?/m0/s1. The van der Waals surface area contributed by atoms with E-state index in [1.165, 1.54) is 13.8 Å². The van der Waals surface area contributed by atoms with Crippen LogP contribution in [-0.4, -0.2) is 45.1 Å². The molecule has 7 rings (SSSR count). The molecule has 4 fully saturated rings. The highest BCUT2D eigenvalue weighted by Crippen LogP contribution is 2.57. The second-order valence-corrected chi connectivity index (χ2v) is 15.5. The van der Waals surface area contributed by atoms with Crippen molar-refractivity contribution < 1.29 is 23.9 Å². The fourth-order valence-electron chi connectivity index (χ4n) is 7.84. The van der Waals surface area contributed by atoms with Crippen LogP contribution in [-0.2, 0) is 16.7 Å². The molecule has 0 radical (unpaired) electrons. The maximum absolute atomic E-state index is 14.5. The average Bonchev–Trinajstić information content (AvgIpc) is 3.52.